The predicted octanol–water partition coefficient (Wildman–Crippen LogP) is 9.84. The van der Waals surface area contributed by atoms with Gasteiger partial charge in [0.05, 0.1) is 24.4 Å². The number of benzene rings is 4. The molecule has 5 aromatic rings. The molecule has 1 saturated heterocycles. The molecule has 0 unspecified atom stereocenters. The van der Waals surface area contributed by atoms with Crippen LogP contribution in [0.1, 0.15) is 33.4 Å². The van der Waals surface area contributed by atoms with Gasteiger partial charge in [0, 0.05) is 60.5 Å². The number of amides is 1. The quantitative estimate of drug-likeness (QED) is 0.0831. The molecule has 268 valence electrons. The molecule has 2 heterocycles. The van der Waals surface area contributed by atoms with Gasteiger partial charge in [0.2, 0.25) is 11.8 Å². The van der Waals surface area contributed by atoms with Crippen LogP contribution in [0.25, 0.3) is 6.08 Å². The molecule has 6 rings (SSSR count). The van der Waals surface area contributed by atoms with Crippen molar-refractivity contribution in [2.24, 2.45) is 0 Å². The number of halogens is 3. The second kappa shape index (κ2) is 18.4. The second-order valence-corrected chi connectivity index (χ2v) is 13.9. The summed E-state index contributed by atoms with van der Waals surface area (Å²) in [6.45, 7) is 7.33. The van der Waals surface area contributed by atoms with Gasteiger partial charge < -0.3 is 19.1 Å². The minimum Gasteiger partial charge on any atom is -0.487 e. The number of hydrogen-bond acceptors (Lipinski definition) is 6. The fourth-order valence-electron chi connectivity index (χ4n) is 5.81. The van der Waals surface area contributed by atoms with Crippen molar-refractivity contribution in [1.82, 2.24) is 14.8 Å². The van der Waals surface area contributed by atoms with Crippen LogP contribution >= 0.6 is 34.8 Å². The Labute approximate surface area is 320 Å². The van der Waals surface area contributed by atoms with Crippen molar-refractivity contribution in [1.29, 1.82) is 0 Å². The summed E-state index contributed by atoms with van der Waals surface area (Å²) in [5, 5.41) is 1.81. The molecule has 0 bridgehead atoms. The number of aryl methyl sites for hydroxylation is 1. The second-order valence-electron chi connectivity index (χ2n) is 12.6. The smallest absolute Gasteiger partial charge is 0.246 e. The molecule has 1 aliphatic rings. The van der Waals surface area contributed by atoms with Crippen molar-refractivity contribution in [2.75, 3.05) is 32.8 Å². The van der Waals surface area contributed by atoms with Gasteiger partial charge in [-0.2, -0.15) is 0 Å². The standard InChI is InChI=1S/C42H40Cl3N3O4/c1-30-24-34(25-39(45)42(30)52-40-16-15-37(26-46-40)51-29-35-4-2-3-5-38(35)44)12-17-41(49)48-21-19-47(20-22-48)27-32-8-6-31(7-9-32)18-23-50-28-33-10-13-36(43)14-11-33/h2-17,24-26H,18-23,27-29H2,1H3. The Morgan fingerprint density at radius 3 is 2.25 bits per heavy atom. The third-order valence-electron chi connectivity index (χ3n) is 8.77. The van der Waals surface area contributed by atoms with Gasteiger partial charge in [-0.15, -0.1) is 0 Å². The maximum atomic E-state index is 13.0. The van der Waals surface area contributed by atoms with Gasteiger partial charge in [-0.25, -0.2) is 4.98 Å². The topological polar surface area (TPSA) is 64.1 Å². The molecular weight excluding hydrogens is 717 g/mol. The number of piperazine rings is 1. The highest BCUT2D eigenvalue weighted by Gasteiger charge is 2.20. The van der Waals surface area contributed by atoms with Gasteiger partial charge >= 0.3 is 0 Å². The van der Waals surface area contributed by atoms with Gasteiger partial charge in [0.1, 0.15) is 12.4 Å². The highest BCUT2D eigenvalue weighted by molar-refractivity contribution is 6.32. The SMILES string of the molecule is Cc1cc(C=CC(=O)N2CCN(Cc3ccc(CCOCc4ccc(Cl)cc4)cc3)CC2)cc(Cl)c1Oc1ccc(OCc2ccccc2Cl)cn1. The molecule has 52 heavy (non-hydrogen) atoms. The van der Waals surface area contributed by atoms with E-state index in [4.69, 9.17) is 49.0 Å². The third-order valence-corrected chi connectivity index (χ3v) is 9.67. The molecule has 0 saturated carbocycles. The molecule has 1 aliphatic heterocycles. The van der Waals surface area contributed by atoms with Gasteiger partial charge in [0.25, 0.3) is 0 Å². The molecular formula is C42H40Cl3N3O4. The predicted molar refractivity (Wildman–Crippen MR) is 208 cm³/mol. The molecule has 0 spiro atoms. The van der Waals surface area contributed by atoms with Crippen LogP contribution in [0, 0.1) is 6.92 Å². The number of carbonyl (C=O) groups is 1. The van der Waals surface area contributed by atoms with E-state index in [1.807, 2.05) is 66.4 Å². The normalized spacial score (nSPS) is 13.4. The number of hydrogen-bond donors (Lipinski definition) is 0. The van der Waals surface area contributed by atoms with E-state index in [0.29, 0.717) is 60.3 Å². The zero-order valence-electron chi connectivity index (χ0n) is 28.9. The van der Waals surface area contributed by atoms with Gasteiger partial charge in [-0.3, -0.25) is 9.69 Å². The number of nitrogens with zero attached hydrogens (tertiary/aromatic N) is 3. The highest BCUT2D eigenvalue weighted by atomic mass is 35.5. The van der Waals surface area contributed by atoms with E-state index >= 15 is 0 Å². The van der Waals surface area contributed by atoms with Crippen molar-refractivity contribution in [2.45, 2.75) is 33.1 Å². The molecule has 1 aromatic heterocycles. The molecule has 0 aliphatic carbocycles. The average molecular weight is 757 g/mol. The fraction of sp³-hybridized carbons (Fsp3) is 0.238. The highest BCUT2D eigenvalue weighted by Crippen LogP contribution is 2.34. The van der Waals surface area contributed by atoms with Crippen LogP contribution in [0.3, 0.4) is 0 Å². The third kappa shape index (κ3) is 10.8. The molecule has 0 radical (unpaired) electrons. The summed E-state index contributed by atoms with van der Waals surface area (Å²) in [5.74, 6) is 1.47. The maximum Gasteiger partial charge on any atom is 0.246 e. The van der Waals surface area contributed by atoms with Crippen LogP contribution < -0.4 is 9.47 Å². The van der Waals surface area contributed by atoms with Crippen LogP contribution in [0.2, 0.25) is 15.1 Å². The first-order chi connectivity index (χ1) is 25.3. The van der Waals surface area contributed by atoms with Crippen molar-refractivity contribution in [3.63, 3.8) is 0 Å². The van der Waals surface area contributed by atoms with Crippen molar-refractivity contribution < 1.29 is 19.0 Å². The van der Waals surface area contributed by atoms with Gasteiger partial charge in [-0.05, 0) is 83.6 Å². The van der Waals surface area contributed by atoms with E-state index < -0.39 is 0 Å². The van der Waals surface area contributed by atoms with Crippen molar-refractivity contribution >= 4 is 46.8 Å². The van der Waals surface area contributed by atoms with Crippen LogP contribution in [-0.2, 0) is 35.7 Å². The Morgan fingerprint density at radius 2 is 1.54 bits per heavy atom. The first-order valence-corrected chi connectivity index (χ1v) is 18.3. The van der Waals surface area contributed by atoms with E-state index in [1.54, 1.807) is 36.5 Å². The van der Waals surface area contributed by atoms with Crippen molar-refractivity contribution in [3.8, 4) is 17.4 Å². The Morgan fingerprint density at radius 1 is 0.808 bits per heavy atom. The molecule has 7 nitrogen and oxygen atoms in total. The first kappa shape index (κ1) is 37.4. The lowest BCUT2D eigenvalue weighted by atomic mass is 10.1. The minimum atomic E-state index is -0.0163. The number of carbonyl (C=O) groups excluding carboxylic acids is 1. The summed E-state index contributed by atoms with van der Waals surface area (Å²) in [6.07, 6.45) is 5.87. The molecule has 10 heteroatoms. The monoisotopic (exact) mass is 755 g/mol. The van der Waals surface area contributed by atoms with Crippen LogP contribution in [0.5, 0.6) is 17.4 Å². The Bertz CT molecular complexity index is 1940. The van der Waals surface area contributed by atoms with Crippen LogP contribution in [-0.4, -0.2) is 53.5 Å². The lowest BCUT2D eigenvalue weighted by Crippen LogP contribution is -2.47. The summed E-state index contributed by atoms with van der Waals surface area (Å²) in [6, 6.07) is 31.2. The van der Waals surface area contributed by atoms with E-state index in [9.17, 15) is 4.79 Å². The van der Waals surface area contributed by atoms with Crippen LogP contribution in [0.15, 0.2) is 109 Å². The van der Waals surface area contributed by atoms with E-state index in [1.165, 1.54) is 11.1 Å². The first-order valence-electron chi connectivity index (χ1n) is 17.2. The summed E-state index contributed by atoms with van der Waals surface area (Å²) in [5.41, 5.74) is 6.16. The number of ether oxygens (including phenoxy) is 3. The maximum absolute atomic E-state index is 13.0. The summed E-state index contributed by atoms with van der Waals surface area (Å²) >= 11 is 18.8. The summed E-state index contributed by atoms with van der Waals surface area (Å²) in [4.78, 5) is 21.7. The zero-order valence-corrected chi connectivity index (χ0v) is 31.2. The van der Waals surface area contributed by atoms with Crippen molar-refractivity contribution in [3.05, 3.63) is 158 Å². The summed E-state index contributed by atoms with van der Waals surface area (Å²) in [7, 11) is 0. The minimum absolute atomic E-state index is 0.0163. The molecule has 4 aromatic carbocycles. The number of aromatic nitrogens is 1. The zero-order chi connectivity index (χ0) is 36.3. The molecule has 1 amide bonds. The Kier molecular flexibility index (Phi) is 13.2. The summed E-state index contributed by atoms with van der Waals surface area (Å²) < 4.78 is 17.7. The van der Waals surface area contributed by atoms with Gasteiger partial charge in [-0.1, -0.05) is 89.4 Å². The molecule has 0 N–H and O–H groups in total. The number of rotatable bonds is 14. The largest absolute Gasteiger partial charge is 0.487 e. The van der Waals surface area contributed by atoms with Crippen LogP contribution in [0.4, 0.5) is 0 Å². The van der Waals surface area contributed by atoms with E-state index in [0.717, 1.165) is 53.3 Å². The Balaban J connectivity index is 0.921. The number of pyridine rings is 1. The van der Waals surface area contributed by atoms with E-state index in [-0.39, 0.29) is 5.91 Å². The fourth-order valence-corrected chi connectivity index (χ4v) is 6.44. The van der Waals surface area contributed by atoms with Gasteiger partial charge in [0.15, 0.2) is 5.75 Å². The van der Waals surface area contributed by atoms with E-state index in [2.05, 4.69) is 34.1 Å². The Hall–Kier alpha value is -4.37. The lowest BCUT2D eigenvalue weighted by molar-refractivity contribution is -0.127. The average Bonchev–Trinajstić information content (AvgIpc) is 3.16. The molecule has 0 atom stereocenters. The lowest BCUT2D eigenvalue weighted by Gasteiger charge is -2.34. The molecule has 1 fully saturated rings.